The van der Waals surface area contributed by atoms with E-state index in [-0.39, 0.29) is 10.8 Å². The standard InChI is InChI=1S/C18H28N2O4S2/c1-15(2)8-13-25-14-18(21)19-9-11-20(12-10-19)26(22,23)17-6-4-16(24-3)5-7-17/h4-7,15H,8-14H2,1-3H3. The van der Waals surface area contributed by atoms with Crippen molar-refractivity contribution in [2.75, 3.05) is 44.8 Å². The summed E-state index contributed by atoms with van der Waals surface area (Å²) in [5.41, 5.74) is 0. The van der Waals surface area contributed by atoms with Crippen molar-refractivity contribution in [2.45, 2.75) is 25.2 Å². The summed E-state index contributed by atoms with van der Waals surface area (Å²) in [6.45, 7) is 5.89. The van der Waals surface area contributed by atoms with Crippen molar-refractivity contribution in [3.8, 4) is 5.75 Å². The van der Waals surface area contributed by atoms with E-state index in [2.05, 4.69) is 13.8 Å². The third-order valence-corrected chi connectivity index (χ3v) is 7.24. The Morgan fingerprint density at radius 3 is 2.31 bits per heavy atom. The van der Waals surface area contributed by atoms with Gasteiger partial charge in [0.15, 0.2) is 0 Å². The summed E-state index contributed by atoms with van der Waals surface area (Å²) in [6.07, 6.45) is 1.10. The van der Waals surface area contributed by atoms with Gasteiger partial charge in [-0.15, -0.1) is 0 Å². The number of hydrogen-bond acceptors (Lipinski definition) is 5. The molecule has 26 heavy (non-hydrogen) atoms. The summed E-state index contributed by atoms with van der Waals surface area (Å²) in [5, 5.41) is 0. The number of ether oxygens (including phenoxy) is 1. The smallest absolute Gasteiger partial charge is 0.243 e. The van der Waals surface area contributed by atoms with E-state index in [1.165, 1.54) is 4.31 Å². The molecule has 0 atom stereocenters. The number of piperazine rings is 1. The molecular weight excluding hydrogens is 372 g/mol. The number of methoxy groups -OCH3 is 1. The van der Waals surface area contributed by atoms with Gasteiger partial charge in [-0.3, -0.25) is 4.79 Å². The van der Waals surface area contributed by atoms with Crippen molar-refractivity contribution >= 4 is 27.7 Å². The zero-order chi connectivity index (χ0) is 19.2. The van der Waals surface area contributed by atoms with Gasteiger partial charge in [0.1, 0.15) is 5.75 Å². The fraction of sp³-hybridized carbons (Fsp3) is 0.611. The molecule has 1 amide bonds. The van der Waals surface area contributed by atoms with Gasteiger partial charge in [0.05, 0.1) is 17.8 Å². The molecule has 0 spiro atoms. The van der Waals surface area contributed by atoms with Crippen LogP contribution in [0.5, 0.6) is 5.75 Å². The van der Waals surface area contributed by atoms with E-state index in [1.807, 2.05) is 0 Å². The van der Waals surface area contributed by atoms with Crippen LogP contribution in [0.3, 0.4) is 0 Å². The maximum atomic E-state index is 12.7. The average Bonchev–Trinajstić information content (AvgIpc) is 2.65. The van der Waals surface area contributed by atoms with Crippen LogP contribution >= 0.6 is 11.8 Å². The molecule has 0 N–H and O–H groups in total. The van der Waals surface area contributed by atoms with Crippen molar-refractivity contribution in [3.63, 3.8) is 0 Å². The van der Waals surface area contributed by atoms with Crippen LogP contribution in [0.25, 0.3) is 0 Å². The molecule has 0 bridgehead atoms. The number of hydrogen-bond donors (Lipinski definition) is 0. The number of amides is 1. The van der Waals surface area contributed by atoms with Gasteiger partial charge >= 0.3 is 0 Å². The largest absolute Gasteiger partial charge is 0.497 e. The molecule has 1 aromatic rings. The highest BCUT2D eigenvalue weighted by atomic mass is 32.2. The van der Waals surface area contributed by atoms with Gasteiger partial charge < -0.3 is 9.64 Å². The molecule has 1 aliphatic rings. The molecule has 1 fully saturated rings. The van der Waals surface area contributed by atoms with Crippen LogP contribution in [0.15, 0.2) is 29.2 Å². The van der Waals surface area contributed by atoms with Crippen LogP contribution < -0.4 is 4.74 Å². The van der Waals surface area contributed by atoms with E-state index < -0.39 is 10.0 Å². The highest BCUT2D eigenvalue weighted by Gasteiger charge is 2.29. The van der Waals surface area contributed by atoms with Crippen LogP contribution in [0.4, 0.5) is 0 Å². The molecule has 146 valence electrons. The first-order valence-corrected chi connectivity index (χ1v) is 11.4. The zero-order valence-electron chi connectivity index (χ0n) is 15.7. The van der Waals surface area contributed by atoms with E-state index in [9.17, 15) is 13.2 Å². The minimum atomic E-state index is -3.53. The molecule has 1 aliphatic heterocycles. The van der Waals surface area contributed by atoms with Gasteiger partial charge in [-0.1, -0.05) is 13.8 Å². The SMILES string of the molecule is COc1ccc(S(=O)(=O)N2CCN(C(=O)CSCCC(C)C)CC2)cc1. The normalized spacial score (nSPS) is 16.1. The molecule has 0 radical (unpaired) electrons. The second-order valence-electron chi connectivity index (χ2n) is 6.70. The van der Waals surface area contributed by atoms with Crippen LogP contribution in [-0.4, -0.2) is 68.3 Å². The minimum absolute atomic E-state index is 0.0975. The molecule has 1 saturated heterocycles. The molecule has 0 aromatic heterocycles. The molecule has 6 nitrogen and oxygen atoms in total. The van der Waals surface area contributed by atoms with Crippen LogP contribution in [0, 0.1) is 5.92 Å². The highest BCUT2D eigenvalue weighted by molar-refractivity contribution is 7.99. The van der Waals surface area contributed by atoms with Crippen molar-refractivity contribution in [1.29, 1.82) is 0 Å². The molecule has 8 heteroatoms. The third kappa shape index (κ3) is 5.62. The van der Waals surface area contributed by atoms with Crippen molar-refractivity contribution in [3.05, 3.63) is 24.3 Å². The Bertz CT molecular complexity index is 682. The van der Waals surface area contributed by atoms with Gasteiger partial charge in [-0.2, -0.15) is 16.1 Å². The summed E-state index contributed by atoms with van der Waals surface area (Å²) >= 11 is 1.66. The zero-order valence-corrected chi connectivity index (χ0v) is 17.3. The van der Waals surface area contributed by atoms with E-state index in [1.54, 1.807) is 48.0 Å². The third-order valence-electron chi connectivity index (χ3n) is 4.35. The monoisotopic (exact) mass is 400 g/mol. The lowest BCUT2D eigenvalue weighted by Gasteiger charge is -2.34. The summed E-state index contributed by atoms with van der Waals surface area (Å²) in [4.78, 5) is 14.3. The summed E-state index contributed by atoms with van der Waals surface area (Å²) in [6, 6.07) is 6.39. The molecule has 0 saturated carbocycles. The summed E-state index contributed by atoms with van der Waals surface area (Å²) in [7, 11) is -1.99. The topological polar surface area (TPSA) is 66.9 Å². The Labute approximate surface area is 160 Å². The summed E-state index contributed by atoms with van der Waals surface area (Å²) in [5.74, 6) is 2.81. The second kappa shape index (κ2) is 9.62. The Morgan fingerprint density at radius 2 is 1.77 bits per heavy atom. The fourth-order valence-corrected chi connectivity index (χ4v) is 5.21. The quantitative estimate of drug-likeness (QED) is 0.627. The Hall–Kier alpha value is -1.25. The van der Waals surface area contributed by atoms with Gasteiger partial charge in [0, 0.05) is 26.2 Å². The van der Waals surface area contributed by atoms with Gasteiger partial charge in [-0.25, -0.2) is 8.42 Å². The van der Waals surface area contributed by atoms with Gasteiger partial charge in [-0.05, 0) is 42.4 Å². The number of carbonyl (C=O) groups excluding carboxylic acids is 1. The van der Waals surface area contributed by atoms with E-state index in [4.69, 9.17) is 4.74 Å². The number of sulfonamides is 1. The lowest BCUT2D eigenvalue weighted by atomic mass is 10.2. The number of nitrogens with zero attached hydrogens (tertiary/aromatic N) is 2. The van der Waals surface area contributed by atoms with Crippen LogP contribution in [0.2, 0.25) is 0 Å². The van der Waals surface area contributed by atoms with Crippen LogP contribution in [-0.2, 0) is 14.8 Å². The molecule has 2 rings (SSSR count). The Morgan fingerprint density at radius 1 is 1.15 bits per heavy atom. The van der Waals surface area contributed by atoms with Gasteiger partial charge in [0.25, 0.3) is 0 Å². The predicted octanol–water partition coefficient (Wildman–Crippen LogP) is 2.31. The fourth-order valence-electron chi connectivity index (χ4n) is 2.64. The maximum absolute atomic E-state index is 12.7. The molecule has 1 aromatic carbocycles. The highest BCUT2D eigenvalue weighted by Crippen LogP contribution is 2.21. The number of thioether (sulfide) groups is 1. The first-order valence-electron chi connectivity index (χ1n) is 8.84. The average molecular weight is 401 g/mol. The number of carbonyl (C=O) groups is 1. The van der Waals surface area contributed by atoms with Crippen molar-refractivity contribution in [1.82, 2.24) is 9.21 Å². The van der Waals surface area contributed by atoms with Crippen molar-refractivity contribution in [2.24, 2.45) is 5.92 Å². The van der Waals surface area contributed by atoms with E-state index in [0.29, 0.717) is 43.6 Å². The minimum Gasteiger partial charge on any atom is -0.497 e. The van der Waals surface area contributed by atoms with E-state index in [0.717, 1.165) is 12.2 Å². The maximum Gasteiger partial charge on any atom is 0.243 e. The van der Waals surface area contributed by atoms with E-state index >= 15 is 0 Å². The molecule has 0 aliphatic carbocycles. The second-order valence-corrected chi connectivity index (χ2v) is 9.74. The molecule has 1 heterocycles. The first kappa shape index (κ1) is 21.1. The summed E-state index contributed by atoms with van der Waals surface area (Å²) < 4.78 is 31.9. The molecular formula is C18H28N2O4S2. The molecule has 0 unspecified atom stereocenters. The van der Waals surface area contributed by atoms with Crippen LogP contribution in [0.1, 0.15) is 20.3 Å². The predicted molar refractivity (Wildman–Crippen MR) is 105 cm³/mol. The lowest BCUT2D eigenvalue weighted by molar-refractivity contribution is -0.129. The Kier molecular flexibility index (Phi) is 7.79. The van der Waals surface area contributed by atoms with Crippen molar-refractivity contribution < 1.29 is 17.9 Å². The number of rotatable bonds is 8. The Balaban J connectivity index is 1.85. The van der Waals surface area contributed by atoms with Gasteiger partial charge in [0.2, 0.25) is 15.9 Å². The number of benzene rings is 1. The lowest BCUT2D eigenvalue weighted by Crippen LogP contribution is -2.51. The first-order chi connectivity index (χ1) is 12.3.